The lowest BCUT2D eigenvalue weighted by Crippen LogP contribution is -2.38. The first-order valence-corrected chi connectivity index (χ1v) is 10.8. The summed E-state index contributed by atoms with van der Waals surface area (Å²) in [7, 11) is 0. The summed E-state index contributed by atoms with van der Waals surface area (Å²) in [5, 5.41) is 3.92. The summed E-state index contributed by atoms with van der Waals surface area (Å²) >= 11 is 0. The van der Waals surface area contributed by atoms with E-state index >= 15 is 0 Å². The Morgan fingerprint density at radius 1 is 1.13 bits per heavy atom. The van der Waals surface area contributed by atoms with Gasteiger partial charge in [-0.2, -0.15) is 0 Å². The number of fused-ring (bicyclic) bond motifs is 1. The second kappa shape index (κ2) is 9.90. The molecule has 6 nitrogen and oxygen atoms in total. The zero-order chi connectivity index (χ0) is 21.6. The van der Waals surface area contributed by atoms with Crippen molar-refractivity contribution in [1.29, 1.82) is 0 Å². The highest BCUT2D eigenvalue weighted by Gasteiger charge is 2.13. The first kappa shape index (κ1) is 21.3. The van der Waals surface area contributed by atoms with Gasteiger partial charge in [0.1, 0.15) is 12.4 Å². The number of ether oxygens (including phenoxy) is 2. The van der Waals surface area contributed by atoms with Gasteiger partial charge in [-0.05, 0) is 49.7 Å². The van der Waals surface area contributed by atoms with Gasteiger partial charge in [-0.25, -0.2) is 0 Å². The highest BCUT2D eigenvalue weighted by molar-refractivity contribution is 6.06. The molecule has 2 aromatic carbocycles. The molecule has 6 heteroatoms. The van der Waals surface area contributed by atoms with Crippen LogP contribution in [0, 0.1) is 13.8 Å². The van der Waals surface area contributed by atoms with E-state index in [0.29, 0.717) is 18.7 Å². The lowest BCUT2D eigenvalue weighted by molar-refractivity contribution is 0.0322. The summed E-state index contributed by atoms with van der Waals surface area (Å²) < 4.78 is 11.3. The Morgan fingerprint density at radius 2 is 1.97 bits per heavy atom. The van der Waals surface area contributed by atoms with Crippen molar-refractivity contribution in [3.05, 3.63) is 70.9 Å². The summed E-state index contributed by atoms with van der Waals surface area (Å²) in [5.74, 6) is 0.723. The minimum atomic E-state index is -0.0975. The van der Waals surface area contributed by atoms with Crippen LogP contribution in [0.4, 0.5) is 0 Å². The Bertz CT molecular complexity index is 1060. The number of amides is 1. The van der Waals surface area contributed by atoms with E-state index in [1.165, 1.54) is 0 Å². The fourth-order valence-electron chi connectivity index (χ4n) is 3.80. The number of pyridine rings is 1. The summed E-state index contributed by atoms with van der Waals surface area (Å²) in [6, 6.07) is 15.7. The molecule has 1 fully saturated rings. The average molecular weight is 420 g/mol. The molecule has 0 radical (unpaired) electrons. The van der Waals surface area contributed by atoms with E-state index in [-0.39, 0.29) is 5.91 Å². The van der Waals surface area contributed by atoms with E-state index in [9.17, 15) is 4.79 Å². The normalized spacial score (nSPS) is 14.5. The van der Waals surface area contributed by atoms with Crippen molar-refractivity contribution >= 4 is 16.8 Å². The molecule has 0 aliphatic carbocycles. The maximum Gasteiger partial charge on any atom is 0.252 e. The fourth-order valence-corrected chi connectivity index (χ4v) is 3.80. The Morgan fingerprint density at radius 3 is 2.81 bits per heavy atom. The maximum absolute atomic E-state index is 12.9. The standard InChI is InChI=1S/C25H29N3O3/c1-18-6-7-24-22(14-18)23(15-19(2)27-24)25(29)26-17-20-4-3-5-21(16-20)31-13-10-28-8-11-30-12-9-28/h3-7,14-16H,8-13,17H2,1-2H3,(H,26,29). The fraction of sp³-hybridized carbons (Fsp3) is 0.360. The average Bonchev–Trinajstić information content (AvgIpc) is 2.78. The maximum atomic E-state index is 12.9. The van der Waals surface area contributed by atoms with Crippen LogP contribution in [-0.2, 0) is 11.3 Å². The number of hydrogen-bond donors (Lipinski definition) is 1. The van der Waals surface area contributed by atoms with E-state index in [4.69, 9.17) is 9.47 Å². The van der Waals surface area contributed by atoms with Crippen LogP contribution in [0.1, 0.15) is 27.2 Å². The molecular weight excluding hydrogens is 390 g/mol. The quantitative estimate of drug-likeness (QED) is 0.635. The number of nitrogens with zero attached hydrogens (tertiary/aromatic N) is 2. The summed E-state index contributed by atoms with van der Waals surface area (Å²) in [4.78, 5) is 19.8. The van der Waals surface area contributed by atoms with Crippen molar-refractivity contribution in [2.24, 2.45) is 0 Å². The lowest BCUT2D eigenvalue weighted by atomic mass is 10.0. The van der Waals surface area contributed by atoms with E-state index in [2.05, 4.69) is 15.2 Å². The van der Waals surface area contributed by atoms with Gasteiger partial charge >= 0.3 is 0 Å². The van der Waals surface area contributed by atoms with Gasteiger partial charge < -0.3 is 14.8 Å². The van der Waals surface area contributed by atoms with E-state index in [1.807, 2.05) is 62.4 Å². The van der Waals surface area contributed by atoms with Crippen LogP contribution in [0.5, 0.6) is 5.75 Å². The second-order valence-corrected chi connectivity index (χ2v) is 7.96. The molecule has 1 saturated heterocycles. The topological polar surface area (TPSA) is 63.7 Å². The molecule has 4 rings (SSSR count). The molecular formula is C25H29N3O3. The number of nitrogens with one attached hydrogen (secondary N) is 1. The van der Waals surface area contributed by atoms with Gasteiger partial charge in [0.2, 0.25) is 0 Å². The van der Waals surface area contributed by atoms with Gasteiger partial charge in [-0.15, -0.1) is 0 Å². The largest absolute Gasteiger partial charge is 0.492 e. The monoisotopic (exact) mass is 419 g/mol. The van der Waals surface area contributed by atoms with Crippen molar-refractivity contribution in [3.63, 3.8) is 0 Å². The number of rotatable bonds is 7. The third kappa shape index (κ3) is 5.60. The van der Waals surface area contributed by atoms with Crippen LogP contribution in [-0.4, -0.2) is 55.2 Å². The Labute approximate surface area is 183 Å². The number of carbonyl (C=O) groups is 1. The minimum Gasteiger partial charge on any atom is -0.492 e. The molecule has 0 spiro atoms. The van der Waals surface area contributed by atoms with Crippen LogP contribution < -0.4 is 10.1 Å². The van der Waals surface area contributed by atoms with Crippen molar-refractivity contribution in [2.45, 2.75) is 20.4 Å². The molecule has 1 amide bonds. The van der Waals surface area contributed by atoms with Gasteiger partial charge in [0, 0.05) is 37.3 Å². The third-order valence-corrected chi connectivity index (χ3v) is 5.47. The molecule has 162 valence electrons. The van der Waals surface area contributed by atoms with Crippen molar-refractivity contribution in [2.75, 3.05) is 39.5 Å². The van der Waals surface area contributed by atoms with Gasteiger partial charge in [-0.3, -0.25) is 14.7 Å². The van der Waals surface area contributed by atoms with Crippen LogP contribution in [0.3, 0.4) is 0 Å². The van der Waals surface area contributed by atoms with Crippen molar-refractivity contribution < 1.29 is 14.3 Å². The van der Waals surface area contributed by atoms with Crippen LogP contribution in [0.2, 0.25) is 0 Å². The Hall–Kier alpha value is -2.96. The molecule has 0 saturated carbocycles. The Balaban J connectivity index is 1.37. The number of aromatic nitrogens is 1. The van der Waals surface area contributed by atoms with Gasteiger partial charge in [-0.1, -0.05) is 23.8 Å². The van der Waals surface area contributed by atoms with Gasteiger partial charge in [0.05, 0.1) is 24.3 Å². The molecule has 0 atom stereocenters. The zero-order valence-electron chi connectivity index (χ0n) is 18.2. The highest BCUT2D eigenvalue weighted by Crippen LogP contribution is 2.20. The van der Waals surface area contributed by atoms with E-state index in [0.717, 1.165) is 66.3 Å². The summed E-state index contributed by atoms with van der Waals surface area (Å²) in [6.45, 7) is 9.39. The Kier molecular flexibility index (Phi) is 6.79. The second-order valence-electron chi connectivity index (χ2n) is 7.96. The number of morpholine rings is 1. The highest BCUT2D eigenvalue weighted by atomic mass is 16.5. The summed E-state index contributed by atoms with van der Waals surface area (Å²) in [5.41, 5.74) is 4.44. The molecule has 3 aromatic rings. The first-order valence-electron chi connectivity index (χ1n) is 10.8. The molecule has 0 unspecified atom stereocenters. The van der Waals surface area contributed by atoms with Crippen LogP contribution in [0.15, 0.2) is 48.5 Å². The predicted molar refractivity (Wildman–Crippen MR) is 122 cm³/mol. The molecule has 1 aromatic heterocycles. The SMILES string of the molecule is Cc1ccc2nc(C)cc(C(=O)NCc3cccc(OCCN4CCOCC4)c3)c2c1. The number of hydrogen-bond acceptors (Lipinski definition) is 5. The number of aryl methyl sites for hydroxylation is 2. The molecule has 0 bridgehead atoms. The van der Waals surface area contributed by atoms with Gasteiger partial charge in [0.15, 0.2) is 0 Å². The van der Waals surface area contributed by atoms with E-state index in [1.54, 1.807) is 0 Å². The third-order valence-electron chi connectivity index (χ3n) is 5.47. The van der Waals surface area contributed by atoms with Crippen molar-refractivity contribution in [1.82, 2.24) is 15.2 Å². The zero-order valence-corrected chi connectivity index (χ0v) is 18.2. The molecule has 1 aliphatic heterocycles. The van der Waals surface area contributed by atoms with Crippen LogP contribution in [0.25, 0.3) is 10.9 Å². The minimum absolute atomic E-state index is 0.0975. The summed E-state index contributed by atoms with van der Waals surface area (Å²) in [6.07, 6.45) is 0. The molecule has 1 aliphatic rings. The number of benzene rings is 2. The van der Waals surface area contributed by atoms with Crippen molar-refractivity contribution in [3.8, 4) is 5.75 Å². The molecule has 2 heterocycles. The predicted octanol–water partition coefficient (Wildman–Crippen LogP) is 3.49. The van der Waals surface area contributed by atoms with Gasteiger partial charge in [0.25, 0.3) is 5.91 Å². The smallest absolute Gasteiger partial charge is 0.252 e. The molecule has 31 heavy (non-hydrogen) atoms. The molecule has 1 N–H and O–H groups in total. The van der Waals surface area contributed by atoms with Crippen LogP contribution >= 0.6 is 0 Å². The van der Waals surface area contributed by atoms with E-state index < -0.39 is 0 Å². The number of carbonyl (C=O) groups excluding carboxylic acids is 1. The lowest BCUT2D eigenvalue weighted by Gasteiger charge is -2.26. The first-order chi connectivity index (χ1) is 15.1.